The highest BCUT2D eigenvalue weighted by molar-refractivity contribution is 9.10. The van der Waals surface area contributed by atoms with E-state index in [1.165, 1.54) is 0 Å². The van der Waals surface area contributed by atoms with Crippen molar-refractivity contribution < 1.29 is 8.95 Å². The fourth-order valence-corrected chi connectivity index (χ4v) is 1.98. The maximum absolute atomic E-state index is 10.5. The smallest absolute Gasteiger partial charge is 0.128 e. The predicted molar refractivity (Wildman–Crippen MR) is 67.1 cm³/mol. The Balaban J connectivity index is 3.25. The van der Waals surface area contributed by atoms with Crippen molar-refractivity contribution in [1.29, 1.82) is 0 Å². The molecular formula is C10H12BrNO2S. The summed E-state index contributed by atoms with van der Waals surface area (Å²) in [5, 5.41) is 0. The molecule has 1 rings (SSSR count). The van der Waals surface area contributed by atoms with Gasteiger partial charge < -0.3 is 4.74 Å². The zero-order valence-corrected chi connectivity index (χ0v) is 11.0. The van der Waals surface area contributed by atoms with Crippen LogP contribution in [0.25, 0.3) is 0 Å². The second-order valence-electron chi connectivity index (χ2n) is 2.83. The molecule has 0 atom stereocenters. The minimum absolute atomic E-state index is 0.223. The van der Waals surface area contributed by atoms with Gasteiger partial charge in [-0.25, -0.2) is 4.21 Å². The molecule has 0 amide bonds. The van der Waals surface area contributed by atoms with Crippen LogP contribution in [0.1, 0.15) is 18.9 Å². The standard InChI is InChI=1S/C10H12BrNO2S/c1-3-9(12-15-13)8-6-7(11)4-5-10(8)14-2/h4-6,15H,3H2,1-2H3/b12-9+. The van der Waals surface area contributed by atoms with E-state index in [2.05, 4.69) is 20.3 Å². The zero-order chi connectivity index (χ0) is 11.3. The lowest BCUT2D eigenvalue weighted by Crippen LogP contribution is -2.02. The van der Waals surface area contributed by atoms with Crippen LogP contribution >= 0.6 is 15.9 Å². The fraction of sp³-hybridized carbons (Fsp3) is 0.300. The molecule has 1 aromatic rings. The predicted octanol–water partition coefficient (Wildman–Crippen LogP) is 2.52. The third-order valence-corrected chi connectivity index (χ3v) is 2.79. The highest BCUT2D eigenvalue weighted by Crippen LogP contribution is 2.24. The van der Waals surface area contributed by atoms with Crippen molar-refractivity contribution in [2.45, 2.75) is 13.3 Å². The van der Waals surface area contributed by atoms with Gasteiger partial charge in [0.15, 0.2) is 0 Å². The lowest BCUT2D eigenvalue weighted by Gasteiger charge is -2.09. The quantitative estimate of drug-likeness (QED) is 0.683. The summed E-state index contributed by atoms with van der Waals surface area (Å²) in [6.45, 7) is 1.96. The van der Waals surface area contributed by atoms with Crippen molar-refractivity contribution in [3.63, 3.8) is 0 Å². The third-order valence-electron chi connectivity index (χ3n) is 1.97. The van der Waals surface area contributed by atoms with Crippen molar-refractivity contribution in [2.75, 3.05) is 7.11 Å². The summed E-state index contributed by atoms with van der Waals surface area (Å²) in [5.74, 6) is 0.738. The molecule has 0 unspecified atom stereocenters. The largest absolute Gasteiger partial charge is 0.496 e. The summed E-state index contributed by atoms with van der Waals surface area (Å²) in [4.78, 5) is 0. The van der Waals surface area contributed by atoms with Crippen molar-refractivity contribution in [2.24, 2.45) is 4.40 Å². The monoisotopic (exact) mass is 289 g/mol. The van der Waals surface area contributed by atoms with Crippen LogP contribution in [0.3, 0.4) is 0 Å². The van der Waals surface area contributed by atoms with Crippen LogP contribution in [-0.2, 0) is 11.9 Å². The molecule has 0 aliphatic carbocycles. The number of rotatable bonds is 4. The molecule has 0 aliphatic heterocycles. The molecule has 5 heteroatoms. The summed E-state index contributed by atoms with van der Waals surface area (Å²) in [7, 11) is 1.61. The Morgan fingerprint density at radius 2 is 2.33 bits per heavy atom. The van der Waals surface area contributed by atoms with Gasteiger partial charge in [0.2, 0.25) is 0 Å². The van der Waals surface area contributed by atoms with Crippen molar-refractivity contribution >= 4 is 33.5 Å². The van der Waals surface area contributed by atoms with Crippen LogP contribution in [0.4, 0.5) is 0 Å². The minimum atomic E-state index is -0.223. The lowest BCUT2D eigenvalue weighted by molar-refractivity contribution is 0.414. The molecule has 82 valence electrons. The Hall–Kier alpha value is -0.680. The number of methoxy groups -OCH3 is 1. The van der Waals surface area contributed by atoms with Crippen LogP contribution in [0.15, 0.2) is 27.1 Å². The molecule has 0 fully saturated rings. The van der Waals surface area contributed by atoms with Gasteiger partial charge in [0.25, 0.3) is 0 Å². The topological polar surface area (TPSA) is 38.7 Å². The zero-order valence-electron chi connectivity index (χ0n) is 8.53. The highest BCUT2D eigenvalue weighted by atomic mass is 79.9. The van der Waals surface area contributed by atoms with Crippen molar-refractivity contribution in [1.82, 2.24) is 0 Å². The van der Waals surface area contributed by atoms with Crippen molar-refractivity contribution in [3.05, 3.63) is 28.2 Å². The van der Waals surface area contributed by atoms with E-state index in [0.29, 0.717) is 6.42 Å². The van der Waals surface area contributed by atoms with Crippen LogP contribution in [0, 0.1) is 0 Å². The van der Waals surface area contributed by atoms with Crippen LogP contribution < -0.4 is 4.74 Å². The molecule has 3 nitrogen and oxygen atoms in total. The van der Waals surface area contributed by atoms with Gasteiger partial charge in [-0.2, -0.15) is 4.40 Å². The first-order chi connectivity index (χ1) is 7.22. The van der Waals surface area contributed by atoms with E-state index in [4.69, 9.17) is 4.74 Å². The van der Waals surface area contributed by atoms with E-state index in [-0.39, 0.29) is 11.9 Å². The first-order valence-electron chi connectivity index (χ1n) is 4.46. The Morgan fingerprint density at radius 1 is 1.60 bits per heavy atom. The van der Waals surface area contributed by atoms with E-state index < -0.39 is 0 Å². The SMILES string of the molecule is CC/C(=N\[SH]=O)c1cc(Br)ccc1OC. The number of ether oxygens (including phenoxy) is 1. The molecule has 0 N–H and O–H groups in total. The fourth-order valence-electron chi connectivity index (χ4n) is 1.27. The number of benzene rings is 1. The van der Waals surface area contributed by atoms with Crippen LogP contribution in [0.2, 0.25) is 0 Å². The van der Waals surface area contributed by atoms with Gasteiger partial charge in [0, 0.05) is 10.0 Å². The minimum Gasteiger partial charge on any atom is -0.496 e. The molecule has 0 saturated heterocycles. The van der Waals surface area contributed by atoms with Gasteiger partial charge in [-0.1, -0.05) is 22.9 Å². The van der Waals surface area contributed by atoms with E-state index in [0.717, 1.165) is 21.5 Å². The average molecular weight is 290 g/mol. The number of thiol groups is 1. The van der Waals surface area contributed by atoms with Gasteiger partial charge >= 0.3 is 0 Å². The average Bonchev–Trinajstić information content (AvgIpc) is 2.26. The third kappa shape index (κ3) is 3.14. The van der Waals surface area contributed by atoms with Gasteiger partial charge in [-0.05, 0) is 24.6 Å². The van der Waals surface area contributed by atoms with Gasteiger partial charge in [0.05, 0.1) is 12.8 Å². The van der Waals surface area contributed by atoms with Crippen molar-refractivity contribution in [3.8, 4) is 5.75 Å². The van der Waals surface area contributed by atoms with Gasteiger partial charge in [-0.3, -0.25) is 0 Å². The molecule has 0 aromatic heterocycles. The first-order valence-corrected chi connectivity index (χ1v) is 6.01. The highest BCUT2D eigenvalue weighted by Gasteiger charge is 2.08. The molecule has 0 saturated carbocycles. The molecule has 0 spiro atoms. The molecule has 0 radical (unpaired) electrons. The van der Waals surface area contributed by atoms with Crippen LogP contribution in [-0.4, -0.2) is 17.0 Å². The summed E-state index contributed by atoms with van der Waals surface area (Å²) in [6.07, 6.45) is 0.710. The lowest BCUT2D eigenvalue weighted by atomic mass is 10.1. The molecule has 15 heavy (non-hydrogen) atoms. The van der Waals surface area contributed by atoms with E-state index in [1.54, 1.807) is 7.11 Å². The normalized spacial score (nSPS) is 11.5. The molecule has 0 aliphatic rings. The van der Waals surface area contributed by atoms with Gasteiger partial charge in [-0.15, -0.1) is 0 Å². The van der Waals surface area contributed by atoms with Gasteiger partial charge in [0.1, 0.15) is 17.6 Å². The van der Waals surface area contributed by atoms with Crippen LogP contribution in [0.5, 0.6) is 5.75 Å². The maximum Gasteiger partial charge on any atom is 0.128 e. The number of nitrogens with zero attached hydrogens (tertiary/aromatic N) is 1. The summed E-state index contributed by atoms with van der Waals surface area (Å²) in [5.41, 5.74) is 1.64. The Bertz CT molecular complexity index is 393. The molecule has 0 heterocycles. The molecular weight excluding hydrogens is 278 g/mol. The number of hydrogen-bond donors (Lipinski definition) is 1. The first kappa shape index (κ1) is 12.4. The second-order valence-corrected chi connectivity index (χ2v) is 4.11. The Labute approximate surface area is 101 Å². The second kappa shape index (κ2) is 6.02. The van der Waals surface area contributed by atoms with E-state index in [1.807, 2.05) is 25.1 Å². The number of halogens is 1. The summed E-state index contributed by atoms with van der Waals surface area (Å²) >= 11 is 3.16. The Morgan fingerprint density at radius 3 is 2.87 bits per heavy atom. The maximum atomic E-state index is 10.5. The molecule has 1 aromatic carbocycles. The molecule has 0 bridgehead atoms. The summed E-state index contributed by atoms with van der Waals surface area (Å²) in [6, 6.07) is 5.66. The summed E-state index contributed by atoms with van der Waals surface area (Å²) < 4.78 is 20.6. The van der Waals surface area contributed by atoms with E-state index in [9.17, 15) is 4.21 Å². The van der Waals surface area contributed by atoms with E-state index >= 15 is 0 Å². The number of hydrogen-bond acceptors (Lipinski definition) is 2. The Kier molecular flexibility index (Phi) is 4.98.